The zero-order valence-electron chi connectivity index (χ0n) is 8.63. The van der Waals surface area contributed by atoms with Gasteiger partial charge >= 0.3 is 0 Å². The van der Waals surface area contributed by atoms with Crippen molar-refractivity contribution in [3.63, 3.8) is 0 Å². The van der Waals surface area contributed by atoms with Gasteiger partial charge in [0.15, 0.2) is 0 Å². The molecule has 0 saturated heterocycles. The molecule has 0 radical (unpaired) electrons. The lowest BCUT2D eigenvalue weighted by Crippen LogP contribution is -2.02. The van der Waals surface area contributed by atoms with E-state index in [9.17, 15) is 4.39 Å². The average Bonchev–Trinajstić information content (AvgIpc) is 2.03. The molecule has 0 aromatic carbocycles. The van der Waals surface area contributed by atoms with Gasteiger partial charge in [0.05, 0.1) is 5.69 Å². The lowest BCUT2D eigenvalue weighted by Gasteiger charge is -2.11. The molecule has 72 valence electrons. The Hall–Kier alpha value is -0.920. The molecule has 2 heteroatoms. The number of rotatable bonds is 2. The fourth-order valence-electron chi connectivity index (χ4n) is 1.32. The molecule has 0 spiro atoms. The van der Waals surface area contributed by atoms with E-state index in [0.29, 0.717) is 5.69 Å². The van der Waals surface area contributed by atoms with E-state index in [-0.39, 0.29) is 17.7 Å². The van der Waals surface area contributed by atoms with Gasteiger partial charge in [0.1, 0.15) is 5.82 Å². The van der Waals surface area contributed by atoms with Crippen molar-refractivity contribution < 1.29 is 4.39 Å². The highest BCUT2D eigenvalue weighted by Crippen LogP contribution is 2.23. The number of aromatic nitrogens is 1. The number of hydrogen-bond acceptors (Lipinski definition) is 1. The van der Waals surface area contributed by atoms with Crippen LogP contribution in [0.5, 0.6) is 0 Å². The fourth-order valence-corrected chi connectivity index (χ4v) is 1.32. The third-order valence-corrected chi connectivity index (χ3v) is 2.11. The Morgan fingerprint density at radius 1 is 1.15 bits per heavy atom. The SMILES string of the molecule is CC(C)c1ccnc(C(C)C)c1F. The van der Waals surface area contributed by atoms with Crippen LogP contribution < -0.4 is 0 Å². The maximum absolute atomic E-state index is 13.7. The van der Waals surface area contributed by atoms with E-state index < -0.39 is 0 Å². The molecule has 13 heavy (non-hydrogen) atoms. The smallest absolute Gasteiger partial charge is 0.148 e. The van der Waals surface area contributed by atoms with E-state index in [1.54, 1.807) is 12.3 Å². The van der Waals surface area contributed by atoms with Crippen molar-refractivity contribution in [3.8, 4) is 0 Å². The van der Waals surface area contributed by atoms with Crippen LogP contribution in [-0.2, 0) is 0 Å². The van der Waals surface area contributed by atoms with Crippen LogP contribution in [0.1, 0.15) is 50.8 Å². The Morgan fingerprint density at radius 2 is 1.77 bits per heavy atom. The second kappa shape index (κ2) is 3.86. The zero-order valence-corrected chi connectivity index (χ0v) is 8.63. The maximum atomic E-state index is 13.7. The number of hydrogen-bond donors (Lipinski definition) is 0. The Balaban J connectivity index is 3.18. The van der Waals surface area contributed by atoms with Gasteiger partial charge in [-0.15, -0.1) is 0 Å². The lowest BCUT2D eigenvalue weighted by atomic mass is 9.99. The van der Waals surface area contributed by atoms with E-state index in [1.165, 1.54) is 0 Å². The molecule has 0 amide bonds. The van der Waals surface area contributed by atoms with E-state index in [2.05, 4.69) is 4.98 Å². The molecule has 1 aromatic rings. The highest BCUT2D eigenvalue weighted by Gasteiger charge is 2.13. The Bertz CT molecular complexity index is 266. The summed E-state index contributed by atoms with van der Waals surface area (Å²) >= 11 is 0. The normalized spacial score (nSPS) is 11.3. The van der Waals surface area contributed by atoms with Gasteiger partial charge in [0.2, 0.25) is 0 Å². The van der Waals surface area contributed by atoms with Crippen molar-refractivity contribution in [1.82, 2.24) is 4.98 Å². The van der Waals surface area contributed by atoms with Gasteiger partial charge in [0, 0.05) is 6.20 Å². The molecule has 0 unspecified atom stereocenters. The van der Waals surface area contributed by atoms with E-state index >= 15 is 0 Å². The number of pyridine rings is 1. The first kappa shape index (κ1) is 10.2. The van der Waals surface area contributed by atoms with Gasteiger partial charge in [0.25, 0.3) is 0 Å². The maximum Gasteiger partial charge on any atom is 0.148 e. The molecule has 0 saturated carbocycles. The summed E-state index contributed by atoms with van der Waals surface area (Å²) in [6.07, 6.45) is 1.69. The molecule has 0 fully saturated rings. The first-order valence-corrected chi connectivity index (χ1v) is 4.68. The topological polar surface area (TPSA) is 12.9 Å². The third kappa shape index (κ3) is 2.06. The second-order valence-electron chi connectivity index (χ2n) is 3.91. The van der Waals surface area contributed by atoms with Crippen molar-refractivity contribution in [3.05, 3.63) is 29.3 Å². The molecule has 0 atom stereocenters. The van der Waals surface area contributed by atoms with Gasteiger partial charge < -0.3 is 0 Å². The molecule has 1 heterocycles. The summed E-state index contributed by atoms with van der Waals surface area (Å²) in [5.74, 6) is 0.242. The Labute approximate surface area is 79.0 Å². The minimum Gasteiger partial charge on any atom is -0.258 e. The van der Waals surface area contributed by atoms with E-state index in [4.69, 9.17) is 0 Å². The van der Waals surface area contributed by atoms with Crippen LogP contribution in [0, 0.1) is 5.82 Å². The first-order chi connectivity index (χ1) is 6.04. The molecule has 0 N–H and O–H groups in total. The molecule has 0 aliphatic carbocycles. The minimum absolute atomic E-state index is 0.132. The highest BCUT2D eigenvalue weighted by molar-refractivity contribution is 5.23. The highest BCUT2D eigenvalue weighted by atomic mass is 19.1. The molecular weight excluding hydrogens is 165 g/mol. The summed E-state index contributed by atoms with van der Waals surface area (Å²) in [5.41, 5.74) is 1.34. The second-order valence-corrected chi connectivity index (χ2v) is 3.91. The predicted molar refractivity (Wildman–Crippen MR) is 52.4 cm³/mol. The molecular formula is C11H16FN. The van der Waals surface area contributed by atoms with Crippen LogP contribution in [0.15, 0.2) is 12.3 Å². The molecule has 1 rings (SSSR count). The zero-order chi connectivity index (χ0) is 10.0. The third-order valence-electron chi connectivity index (χ3n) is 2.11. The molecule has 0 aliphatic heterocycles. The summed E-state index contributed by atoms with van der Waals surface area (Å²) in [4.78, 5) is 4.05. The lowest BCUT2D eigenvalue weighted by molar-refractivity contribution is 0.560. The van der Waals surface area contributed by atoms with Gasteiger partial charge in [-0.3, -0.25) is 4.98 Å². The van der Waals surface area contributed by atoms with Crippen LogP contribution in [0.4, 0.5) is 4.39 Å². The Morgan fingerprint density at radius 3 is 2.23 bits per heavy atom. The summed E-state index contributed by atoms with van der Waals surface area (Å²) in [6, 6.07) is 1.76. The minimum atomic E-state index is -0.132. The fraction of sp³-hybridized carbons (Fsp3) is 0.545. The van der Waals surface area contributed by atoms with Crippen LogP contribution in [0.3, 0.4) is 0 Å². The van der Waals surface area contributed by atoms with Gasteiger partial charge in [-0.2, -0.15) is 0 Å². The Kier molecular flexibility index (Phi) is 3.02. The predicted octanol–water partition coefficient (Wildman–Crippen LogP) is 3.47. The van der Waals surface area contributed by atoms with Gasteiger partial charge in [-0.25, -0.2) is 4.39 Å². The summed E-state index contributed by atoms with van der Waals surface area (Å²) in [5, 5.41) is 0. The van der Waals surface area contributed by atoms with Crippen LogP contribution >= 0.6 is 0 Å². The quantitative estimate of drug-likeness (QED) is 0.680. The summed E-state index contributed by atoms with van der Waals surface area (Å²) in [6.45, 7) is 7.88. The number of halogens is 1. The van der Waals surface area contributed by atoms with Crippen molar-refractivity contribution in [2.75, 3.05) is 0 Å². The van der Waals surface area contributed by atoms with Crippen molar-refractivity contribution in [1.29, 1.82) is 0 Å². The average molecular weight is 181 g/mol. The summed E-state index contributed by atoms with van der Waals surface area (Å²) in [7, 11) is 0. The van der Waals surface area contributed by atoms with Crippen LogP contribution in [0.25, 0.3) is 0 Å². The standard InChI is InChI=1S/C11H16FN/c1-7(2)9-5-6-13-11(8(3)4)10(9)12/h5-8H,1-4H3. The molecule has 0 bridgehead atoms. The van der Waals surface area contributed by atoms with Crippen LogP contribution in [-0.4, -0.2) is 4.98 Å². The molecule has 1 aromatic heterocycles. The first-order valence-electron chi connectivity index (χ1n) is 4.68. The molecule has 1 nitrogen and oxygen atoms in total. The van der Waals surface area contributed by atoms with Gasteiger partial charge in [-0.05, 0) is 23.5 Å². The molecule has 0 aliphatic rings. The van der Waals surface area contributed by atoms with Crippen molar-refractivity contribution in [2.45, 2.75) is 39.5 Å². The van der Waals surface area contributed by atoms with Crippen molar-refractivity contribution >= 4 is 0 Å². The van der Waals surface area contributed by atoms with E-state index in [1.807, 2.05) is 27.7 Å². The van der Waals surface area contributed by atoms with Gasteiger partial charge in [-0.1, -0.05) is 27.7 Å². The monoisotopic (exact) mass is 181 g/mol. The van der Waals surface area contributed by atoms with Crippen molar-refractivity contribution in [2.24, 2.45) is 0 Å². The number of nitrogens with zero attached hydrogens (tertiary/aromatic N) is 1. The summed E-state index contributed by atoms with van der Waals surface area (Å²) < 4.78 is 13.7. The van der Waals surface area contributed by atoms with Crippen LogP contribution in [0.2, 0.25) is 0 Å². The largest absolute Gasteiger partial charge is 0.258 e. The van der Waals surface area contributed by atoms with E-state index in [0.717, 1.165) is 5.56 Å².